The molecule has 154 valence electrons. The molecule has 1 fully saturated rings. The van der Waals surface area contributed by atoms with Crippen molar-refractivity contribution in [2.24, 2.45) is 5.73 Å². The number of ether oxygens (including phenoxy) is 1. The molecule has 2 heterocycles. The Labute approximate surface area is 173 Å². The highest BCUT2D eigenvalue weighted by atomic mass is 16.5. The molecule has 0 spiro atoms. The number of para-hydroxylation sites is 1. The monoisotopic (exact) mass is 406 g/mol. The normalized spacial score (nSPS) is 16.3. The molecule has 1 atom stereocenters. The lowest BCUT2D eigenvalue weighted by molar-refractivity contribution is -0.137. The van der Waals surface area contributed by atoms with Crippen molar-refractivity contribution in [3.8, 4) is 17.1 Å². The van der Waals surface area contributed by atoms with Crippen molar-refractivity contribution in [2.75, 3.05) is 26.2 Å². The van der Waals surface area contributed by atoms with E-state index in [2.05, 4.69) is 20.5 Å². The Bertz CT molecular complexity index is 1020. The van der Waals surface area contributed by atoms with Crippen LogP contribution in [0, 0.1) is 0 Å². The summed E-state index contributed by atoms with van der Waals surface area (Å²) >= 11 is 0. The molecule has 0 aliphatic carbocycles. The van der Waals surface area contributed by atoms with Gasteiger partial charge in [-0.25, -0.2) is 4.98 Å². The third-order valence-electron chi connectivity index (χ3n) is 4.92. The number of hydrogen-bond acceptors (Lipinski definition) is 6. The molecule has 1 aliphatic heterocycles. The van der Waals surface area contributed by atoms with E-state index in [1.807, 2.05) is 30.3 Å². The summed E-state index contributed by atoms with van der Waals surface area (Å²) in [6.07, 6.45) is 0. The Morgan fingerprint density at radius 3 is 2.63 bits per heavy atom. The SMILES string of the molecule is NC(=O)c1ccc(-c2n[nH]c([C@H]3CNCCN3C(=O)COc3ccccc3)n2)cc1. The lowest BCUT2D eigenvalue weighted by Gasteiger charge is -2.34. The number of carbonyl (C=O) groups excluding carboxylic acids is 2. The van der Waals surface area contributed by atoms with Gasteiger partial charge in [0.15, 0.2) is 12.4 Å². The first-order valence-corrected chi connectivity index (χ1v) is 9.62. The molecule has 9 nitrogen and oxygen atoms in total. The number of amides is 2. The molecule has 1 aliphatic rings. The van der Waals surface area contributed by atoms with Gasteiger partial charge in [-0.05, 0) is 24.3 Å². The molecular formula is C21H22N6O3. The minimum absolute atomic E-state index is 0.0455. The number of nitrogens with zero attached hydrogens (tertiary/aromatic N) is 3. The second kappa shape index (κ2) is 8.75. The van der Waals surface area contributed by atoms with Gasteiger partial charge in [0.05, 0.1) is 0 Å². The van der Waals surface area contributed by atoms with Crippen LogP contribution in [0.25, 0.3) is 11.4 Å². The minimum atomic E-state index is -0.489. The highest BCUT2D eigenvalue weighted by Gasteiger charge is 2.30. The van der Waals surface area contributed by atoms with E-state index in [0.717, 1.165) is 5.56 Å². The highest BCUT2D eigenvalue weighted by molar-refractivity contribution is 5.93. The number of piperazine rings is 1. The van der Waals surface area contributed by atoms with Gasteiger partial charge in [-0.1, -0.05) is 30.3 Å². The number of benzene rings is 2. The predicted molar refractivity (Wildman–Crippen MR) is 110 cm³/mol. The first-order chi connectivity index (χ1) is 14.6. The number of H-pyrrole nitrogens is 1. The molecule has 4 rings (SSSR count). The molecular weight excluding hydrogens is 384 g/mol. The van der Waals surface area contributed by atoms with Crippen LogP contribution in [0.4, 0.5) is 0 Å². The Balaban J connectivity index is 1.47. The Kier molecular flexibility index (Phi) is 5.71. The maximum Gasteiger partial charge on any atom is 0.261 e. The highest BCUT2D eigenvalue weighted by Crippen LogP contribution is 2.23. The molecule has 9 heteroatoms. The molecule has 1 aromatic heterocycles. The topological polar surface area (TPSA) is 126 Å². The van der Waals surface area contributed by atoms with Crippen molar-refractivity contribution >= 4 is 11.8 Å². The van der Waals surface area contributed by atoms with Crippen molar-refractivity contribution in [2.45, 2.75) is 6.04 Å². The predicted octanol–water partition coefficient (Wildman–Crippen LogP) is 1.12. The Hall–Kier alpha value is -3.72. The van der Waals surface area contributed by atoms with Crippen molar-refractivity contribution in [1.82, 2.24) is 25.4 Å². The minimum Gasteiger partial charge on any atom is -0.484 e. The number of nitrogens with one attached hydrogen (secondary N) is 2. The van der Waals surface area contributed by atoms with Gasteiger partial charge in [-0.15, -0.1) is 0 Å². The molecule has 0 bridgehead atoms. The number of nitrogens with two attached hydrogens (primary N) is 1. The van der Waals surface area contributed by atoms with Crippen LogP contribution in [0.3, 0.4) is 0 Å². The smallest absolute Gasteiger partial charge is 0.261 e. The number of carbonyl (C=O) groups is 2. The third kappa shape index (κ3) is 4.31. The van der Waals surface area contributed by atoms with E-state index in [1.165, 1.54) is 0 Å². The van der Waals surface area contributed by atoms with Crippen molar-refractivity contribution in [1.29, 1.82) is 0 Å². The molecule has 3 aromatic rings. The Morgan fingerprint density at radius 2 is 1.90 bits per heavy atom. The molecule has 2 amide bonds. The summed E-state index contributed by atoms with van der Waals surface area (Å²) in [5.74, 6) is 1.12. The summed E-state index contributed by atoms with van der Waals surface area (Å²) in [5, 5.41) is 10.5. The first kappa shape index (κ1) is 19.6. The van der Waals surface area contributed by atoms with Crippen molar-refractivity contribution < 1.29 is 14.3 Å². The van der Waals surface area contributed by atoms with Crippen molar-refractivity contribution in [3.05, 3.63) is 66.0 Å². The van der Waals surface area contributed by atoms with Crippen LogP contribution in [0.1, 0.15) is 22.2 Å². The molecule has 2 aromatic carbocycles. The fraction of sp³-hybridized carbons (Fsp3) is 0.238. The second-order valence-electron chi connectivity index (χ2n) is 6.89. The molecule has 0 unspecified atom stereocenters. The number of aromatic amines is 1. The van der Waals surface area contributed by atoms with Crippen molar-refractivity contribution in [3.63, 3.8) is 0 Å². The number of rotatable bonds is 6. The van der Waals surface area contributed by atoms with Gasteiger partial charge >= 0.3 is 0 Å². The fourth-order valence-electron chi connectivity index (χ4n) is 3.33. The van der Waals surface area contributed by atoms with Crippen LogP contribution < -0.4 is 15.8 Å². The van der Waals surface area contributed by atoms with E-state index in [1.54, 1.807) is 29.2 Å². The van der Waals surface area contributed by atoms with Gasteiger partial charge < -0.3 is 20.7 Å². The average molecular weight is 406 g/mol. The third-order valence-corrected chi connectivity index (χ3v) is 4.92. The summed E-state index contributed by atoms with van der Waals surface area (Å²) < 4.78 is 5.61. The molecule has 1 saturated heterocycles. The summed E-state index contributed by atoms with van der Waals surface area (Å²) in [6.45, 7) is 1.76. The van der Waals surface area contributed by atoms with E-state index >= 15 is 0 Å². The van der Waals surface area contributed by atoms with Gasteiger partial charge in [-0.2, -0.15) is 5.10 Å². The average Bonchev–Trinajstić information content (AvgIpc) is 3.28. The standard InChI is InChI=1S/C21H22N6O3/c22-19(29)14-6-8-15(9-7-14)20-24-21(26-25-20)17-12-23-10-11-27(17)18(28)13-30-16-4-2-1-3-5-16/h1-9,17,23H,10-13H2,(H2,22,29)(H,24,25,26)/t17-/m1/s1. The number of hydrogen-bond donors (Lipinski definition) is 3. The summed E-state index contributed by atoms with van der Waals surface area (Å²) in [6, 6.07) is 15.7. The van der Waals surface area contributed by atoms with Gasteiger partial charge in [0.1, 0.15) is 17.6 Å². The lowest BCUT2D eigenvalue weighted by Crippen LogP contribution is -2.50. The largest absolute Gasteiger partial charge is 0.484 e. The van der Waals surface area contributed by atoms with Crippen LogP contribution >= 0.6 is 0 Å². The Morgan fingerprint density at radius 1 is 1.13 bits per heavy atom. The van der Waals surface area contributed by atoms with Crippen LogP contribution in [0.15, 0.2) is 54.6 Å². The van der Waals surface area contributed by atoms with Crippen LogP contribution in [-0.4, -0.2) is 58.1 Å². The van der Waals surface area contributed by atoms with Gasteiger partial charge in [0.2, 0.25) is 5.91 Å². The fourth-order valence-corrected chi connectivity index (χ4v) is 3.33. The maximum absolute atomic E-state index is 12.8. The van der Waals surface area contributed by atoms with Crippen LogP contribution in [-0.2, 0) is 4.79 Å². The van der Waals surface area contributed by atoms with Gasteiger partial charge in [-0.3, -0.25) is 14.7 Å². The number of primary amides is 1. The first-order valence-electron chi connectivity index (χ1n) is 9.62. The van der Waals surface area contributed by atoms with E-state index < -0.39 is 5.91 Å². The van der Waals surface area contributed by atoms with E-state index in [9.17, 15) is 9.59 Å². The molecule has 4 N–H and O–H groups in total. The van der Waals surface area contributed by atoms with E-state index in [-0.39, 0.29) is 18.6 Å². The summed E-state index contributed by atoms with van der Waals surface area (Å²) in [5.41, 5.74) is 6.44. The van der Waals surface area contributed by atoms with E-state index in [4.69, 9.17) is 10.5 Å². The zero-order chi connectivity index (χ0) is 20.9. The number of aromatic nitrogens is 3. The van der Waals surface area contributed by atoms with Gasteiger partial charge in [0, 0.05) is 30.8 Å². The quantitative estimate of drug-likeness (QED) is 0.563. The van der Waals surface area contributed by atoms with Gasteiger partial charge in [0.25, 0.3) is 5.91 Å². The molecule has 30 heavy (non-hydrogen) atoms. The zero-order valence-electron chi connectivity index (χ0n) is 16.2. The molecule has 0 radical (unpaired) electrons. The summed E-state index contributed by atoms with van der Waals surface area (Å²) in [7, 11) is 0. The lowest BCUT2D eigenvalue weighted by atomic mass is 10.1. The molecule has 0 saturated carbocycles. The van der Waals surface area contributed by atoms with Crippen LogP contribution in [0.5, 0.6) is 5.75 Å². The second-order valence-corrected chi connectivity index (χ2v) is 6.89. The van der Waals surface area contributed by atoms with Crippen LogP contribution in [0.2, 0.25) is 0 Å². The summed E-state index contributed by atoms with van der Waals surface area (Å²) in [4.78, 5) is 30.4. The zero-order valence-corrected chi connectivity index (χ0v) is 16.2. The van der Waals surface area contributed by atoms with E-state index in [0.29, 0.717) is 42.6 Å². The maximum atomic E-state index is 12.8.